The molecular weight excluding hydrogens is 264 g/mol. The number of nitrogens with zero attached hydrogens (tertiary/aromatic N) is 3. The second-order valence-corrected chi connectivity index (χ2v) is 5.81. The highest BCUT2D eigenvalue weighted by atomic mass is 16.2. The average Bonchev–Trinajstić information content (AvgIpc) is 2.85. The zero-order chi connectivity index (χ0) is 14.8. The van der Waals surface area contributed by atoms with Gasteiger partial charge in [0.2, 0.25) is 0 Å². The molecule has 0 spiro atoms. The first kappa shape index (κ1) is 14.1. The van der Waals surface area contributed by atoms with E-state index in [2.05, 4.69) is 10.4 Å². The van der Waals surface area contributed by atoms with Crippen molar-refractivity contribution < 1.29 is 4.79 Å². The summed E-state index contributed by atoms with van der Waals surface area (Å²) in [7, 11) is 3.85. The van der Waals surface area contributed by atoms with Crippen LogP contribution >= 0.6 is 0 Å². The van der Waals surface area contributed by atoms with Gasteiger partial charge in [0.25, 0.3) is 5.91 Å². The van der Waals surface area contributed by atoms with Crippen molar-refractivity contribution in [3.05, 3.63) is 30.0 Å². The first-order chi connectivity index (χ1) is 10.2. The lowest BCUT2D eigenvalue weighted by atomic mass is 9.97. The van der Waals surface area contributed by atoms with E-state index < -0.39 is 0 Å². The van der Waals surface area contributed by atoms with E-state index in [-0.39, 0.29) is 5.91 Å². The van der Waals surface area contributed by atoms with Gasteiger partial charge in [-0.25, -0.2) is 0 Å². The topological polar surface area (TPSA) is 50.2 Å². The van der Waals surface area contributed by atoms with Crippen LogP contribution in [0, 0.1) is 5.92 Å². The number of piperidine rings is 1. The summed E-state index contributed by atoms with van der Waals surface area (Å²) in [6.45, 7) is 2.63. The summed E-state index contributed by atoms with van der Waals surface area (Å²) in [5.41, 5.74) is 1.59. The lowest BCUT2D eigenvalue weighted by Crippen LogP contribution is -2.42. The molecular formula is C16H22N4O. The van der Waals surface area contributed by atoms with Crippen LogP contribution in [-0.4, -0.2) is 47.3 Å². The number of fused-ring (bicyclic) bond motifs is 1. The van der Waals surface area contributed by atoms with Crippen LogP contribution in [-0.2, 0) is 7.05 Å². The number of aromatic nitrogens is 2. The quantitative estimate of drug-likeness (QED) is 0.933. The monoisotopic (exact) mass is 286 g/mol. The second kappa shape index (κ2) is 5.85. The number of benzene rings is 1. The van der Waals surface area contributed by atoms with Gasteiger partial charge in [0.05, 0.1) is 5.52 Å². The van der Waals surface area contributed by atoms with E-state index >= 15 is 0 Å². The molecule has 1 amide bonds. The van der Waals surface area contributed by atoms with E-state index in [1.165, 1.54) is 6.42 Å². The Morgan fingerprint density at radius 2 is 2.24 bits per heavy atom. The Bertz CT molecular complexity index is 647. The molecule has 112 valence electrons. The molecule has 0 radical (unpaired) electrons. The molecule has 0 bridgehead atoms. The molecule has 1 aromatic carbocycles. The molecule has 0 saturated carbocycles. The Balaban J connectivity index is 1.86. The number of hydrogen-bond donors (Lipinski definition) is 1. The van der Waals surface area contributed by atoms with Crippen molar-refractivity contribution in [2.45, 2.75) is 12.8 Å². The zero-order valence-electron chi connectivity index (χ0n) is 12.7. The van der Waals surface area contributed by atoms with Crippen LogP contribution in [0.3, 0.4) is 0 Å². The molecule has 2 heterocycles. The van der Waals surface area contributed by atoms with Crippen LogP contribution in [0.5, 0.6) is 0 Å². The highest BCUT2D eigenvalue weighted by Gasteiger charge is 2.27. The maximum absolute atomic E-state index is 12.8. The van der Waals surface area contributed by atoms with Crippen LogP contribution in [0.25, 0.3) is 10.9 Å². The van der Waals surface area contributed by atoms with Gasteiger partial charge in [-0.15, -0.1) is 0 Å². The zero-order valence-corrected chi connectivity index (χ0v) is 12.7. The minimum atomic E-state index is 0.0626. The first-order valence-corrected chi connectivity index (χ1v) is 7.56. The summed E-state index contributed by atoms with van der Waals surface area (Å²) in [4.78, 5) is 14.8. The van der Waals surface area contributed by atoms with Gasteiger partial charge in [0, 0.05) is 25.5 Å². The fraction of sp³-hybridized carbons (Fsp3) is 0.500. The van der Waals surface area contributed by atoms with Crippen LogP contribution in [0.2, 0.25) is 0 Å². The molecule has 1 saturated heterocycles. The summed E-state index contributed by atoms with van der Waals surface area (Å²) in [5, 5.41) is 8.60. The van der Waals surface area contributed by atoms with Crippen LogP contribution < -0.4 is 5.32 Å². The summed E-state index contributed by atoms with van der Waals surface area (Å²) in [5.74, 6) is 0.607. The molecule has 1 fully saturated rings. The van der Waals surface area contributed by atoms with E-state index in [1.54, 1.807) is 4.68 Å². The van der Waals surface area contributed by atoms with E-state index in [1.807, 2.05) is 43.3 Å². The lowest BCUT2D eigenvalue weighted by Gasteiger charge is -2.32. The van der Waals surface area contributed by atoms with Crippen molar-refractivity contribution in [3.8, 4) is 0 Å². The van der Waals surface area contributed by atoms with Crippen molar-refractivity contribution in [2.24, 2.45) is 13.0 Å². The molecule has 1 N–H and O–H groups in total. The number of rotatable bonds is 3. The lowest BCUT2D eigenvalue weighted by molar-refractivity contribution is 0.0669. The standard InChI is InChI=1S/C16H22N4O/c1-17-10-12-6-5-9-20(11-12)16(21)15-13-7-3-4-8-14(13)19(2)18-15/h3-4,7-8,12,17H,5-6,9-11H2,1-2H3. The van der Waals surface area contributed by atoms with Crippen molar-refractivity contribution in [1.29, 1.82) is 0 Å². The number of amides is 1. The molecule has 1 atom stereocenters. The fourth-order valence-electron chi connectivity index (χ4n) is 3.23. The van der Waals surface area contributed by atoms with Gasteiger partial charge in [-0.2, -0.15) is 5.10 Å². The molecule has 1 unspecified atom stereocenters. The Labute approximate surface area is 124 Å². The highest BCUT2D eigenvalue weighted by molar-refractivity contribution is 6.04. The number of likely N-dealkylation sites (tertiary alicyclic amines) is 1. The van der Waals surface area contributed by atoms with E-state index in [4.69, 9.17) is 0 Å². The maximum atomic E-state index is 12.8. The SMILES string of the molecule is CNCC1CCCN(C(=O)c2nn(C)c3ccccc23)C1. The molecule has 1 aliphatic rings. The predicted octanol–water partition coefficient (Wildman–Crippen LogP) is 1.64. The molecule has 1 aromatic heterocycles. The maximum Gasteiger partial charge on any atom is 0.275 e. The number of nitrogens with one attached hydrogen (secondary N) is 1. The smallest absolute Gasteiger partial charge is 0.275 e. The molecule has 2 aromatic rings. The fourth-order valence-corrected chi connectivity index (χ4v) is 3.23. The number of carbonyl (C=O) groups excluding carboxylic acids is 1. The third kappa shape index (κ3) is 2.65. The van der Waals surface area contributed by atoms with Crippen molar-refractivity contribution in [1.82, 2.24) is 20.0 Å². The molecule has 21 heavy (non-hydrogen) atoms. The number of para-hydroxylation sites is 1. The molecule has 1 aliphatic heterocycles. The van der Waals surface area contributed by atoms with Gasteiger partial charge in [-0.3, -0.25) is 9.48 Å². The largest absolute Gasteiger partial charge is 0.337 e. The van der Waals surface area contributed by atoms with Gasteiger partial charge < -0.3 is 10.2 Å². The Morgan fingerprint density at radius 3 is 3.05 bits per heavy atom. The Hall–Kier alpha value is -1.88. The summed E-state index contributed by atoms with van der Waals surface area (Å²) < 4.78 is 1.79. The van der Waals surface area contributed by atoms with Gasteiger partial charge in [-0.1, -0.05) is 18.2 Å². The van der Waals surface area contributed by atoms with Crippen molar-refractivity contribution in [3.63, 3.8) is 0 Å². The van der Waals surface area contributed by atoms with Crippen molar-refractivity contribution in [2.75, 3.05) is 26.7 Å². The number of hydrogen-bond acceptors (Lipinski definition) is 3. The van der Waals surface area contributed by atoms with Gasteiger partial charge in [-0.05, 0) is 38.4 Å². The molecule has 5 heteroatoms. The summed E-state index contributed by atoms with van der Waals surface area (Å²) in [6, 6.07) is 7.91. The minimum Gasteiger partial charge on any atom is -0.337 e. The highest BCUT2D eigenvalue weighted by Crippen LogP contribution is 2.22. The van der Waals surface area contributed by atoms with E-state index in [0.717, 1.165) is 37.0 Å². The predicted molar refractivity (Wildman–Crippen MR) is 83.3 cm³/mol. The van der Waals surface area contributed by atoms with Gasteiger partial charge in [0.1, 0.15) is 0 Å². The molecule has 5 nitrogen and oxygen atoms in total. The van der Waals surface area contributed by atoms with Crippen LogP contribution in [0.1, 0.15) is 23.3 Å². The third-order valence-electron chi connectivity index (χ3n) is 4.26. The Kier molecular flexibility index (Phi) is 3.92. The third-order valence-corrected chi connectivity index (χ3v) is 4.26. The average molecular weight is 286 g/mol. The van der Waals surface area contributed by atoms with E-state index in [0.29, 0.717) is 11.6 Å². The molecule has 0 aliphatic carbocycles. The normalized spacial score (nSPS) is 19.1. The van der Waals surface area contributed by atoms with Crippen LogP contribution in [0.15, 0.2) is 24.3 Å². The second-order valence-electron chi connectivity index (χ2n) is 5.81. The van der Waals surface area contributed by atoms with Crippen molar-refractivity contribution >= 4 is 16.8 Å². The summed E-state index contributed by atoms with van der Waals surface area (Å²) >= 11 is 0. The van der Waals surface area contributed by atoms with Gasteiger partial charge >= 0.3 is 0 Å². The summed E-state index contributed by atoms with van der Waals surface area (Å²) in [6.07, 6.45) is 2.26. The number of aryl methyl sites for hydroxylation is 1. The van der Waals surface area contributed by atoms with Crippen LogP contribution in [0.4, 0.5) is 0 Å². The van der Waals surface area contributed by atoms with E-state index in [9.17, 15) is 4.79 Å². The minimum absolute atomic E-state index is 0.0626. The first-order valence-electron chi connectivity index (χ1n) is 7.56. The number of carbonyl (C=O) groups is 1. The van der Waals surface area contributed by atoms with Gasteiger partial charge in [0.15, 0.2) is 5.69 Å². The molecule has 3 rings (SSSR count). The Morgan fingerprint density at radius 1 is 1.43 bits per heavy atom.